The molecule has 1 aromatic carbocycles. The number of sulfonamides is 1. The molecule has 1 aliphatic rings. The number of rotatable bonds is 7. The van der Waals surface area contributed by atoms with Crippen LogP contribution < -0.4 is 14.8 Å². The molecule has 0 unspecified atom stereocenters. The first-order chi connectivity index (χ1) is 14.3. The van der Waals surface area contributed by atoms with Crippen molar-refractivity contribution >= 4 is 33.2 Å². The first kappa shape index (κ1) is 22.5. The Labute approximate surface area is 181 Å². The number of carbonyl (C=O) groups is 1. The van der Waals surface area contributed by atoms with Gasteiger partial charge in [0.15, 0.2) is 0 Å². The number of anilines is 1. The highest BCUT2D eigenvalue weighted by atomic mass is 35.5. The molecule has 3 rings (SSSR count). The molecule has 30 heavy (non-hydrogen) atoms. The Bertz CT molecular complexity index is 990. The number of aryl methyl sites for hydroxylation is 1. The lowest BCUT2D eigenvalue weighted by Crippen LogP contribution is -2.40. The molecule has 2 aromatic rings. The molecule has 2 N–H and O–H groups in total. The van der Waals surface area contributed by atoms with Crippen LogP contribution in [0.15, 0.2) is 35.5 Å². The number of nitrogens with one attached hydrogen (secondary N) is 2. The molecule has 1 saturated carbocycles. The maximum Gasteiger partial charge on any atom is 0.316 e. The molecule has 0 aliphatic heterocycles. The Hall–Kier alpha value is -2.23. The van der Waals surface area contributed by atoms with Gasteiger partial charge >= 0.3 is 6.01 Å². The van der Waals surface area contributed by atoms with Crippen LogP contribution in [-0.2, 0) is 14.8 Å². The predicted octanol–water partition coefficient (Wildman–Crippen LogP) is 3.46. The van der Waals surface area contributed by atoms with Crippen LogP contribution in [0.2, 0.25) is 5.02 Å². The average Bonchev–Trinajstić information content (AvgIpc) is 2.70. The fraction of sp³-hybridized carbons (Fsp3) is 0.450. The first-order valence-electron chi connectivity index (χ1n) is 9.84. The fourth-order valence-electron chi connectivity index (χ4n) is 3.37. The van der Waals surface area contributed by atoms with Gasteiger partial charge in [-0.05, 0) is 56.4 Å². The second kappa shape index (κ2) is 9.72. The topological polar surface area (TPSA) is 110 Å². The third-order valence-corrected chi connectivity index (χ3v) is 6.81. The molecule has 0 bridgehead atoms. The van der Waals surface area contributed by atoms with Gasteiger partial charge in [-0.2, -0.15) is 0 Å². The minimum Gasteiger partial charge on any atom is -0.460 e. The van der Waals surface area contributed by atoms with Crippen molar-refractivity contribution in [1.82, 2.24) is 14.7 Å². The molecule has 0 saturated heterocycles. The van der Waals surface area contributed by atoms with Crippen molar-refractivity contribution in [3.63, 3.8) is 0 Å². The molecule has 0 spiro atoms. The second-order valence-electron chi connectivity index (χ2n) is 7.28. The zero-order valence-corrected chi connectivity index (χ0v) is 18.5. The maximum absolute atomic E-state index is 12.9. The van der Waals surface area contributed by atoms with Crippen LogP contribution in [0, 0.1) is 6.92 Å². The van der Waals surface area contributed by atoms with Crippen molar-refractivity contribution in [3.8, 4) is 6.01 Å². The molecular formula is C20H25ClN4O4S. The van der Waals surface area contributed by atoms with Crippen molar-refractivity contribution in [1.29, 1.82) is 0 Å². The molecule has 1 aromatic heterocycles. The Morgan fingerprint density at radius 1 is 1.20 bits per heavy atom. The largest absolute Gasteiger partial charge is 0.460 e. The van der Waals surface area contributed by atoms with E-state index in [9.17, 15) is 13.2 Å². The number of amides is 1. The van der Waals surface area contributed by atoms with Crippen LogP contribution in [0.25, 0.3) is 0 Å². The van der Waals surface area contributed by atoms with Crippen LogP contribution in [0.1, 0.15) is 44.6 Å². The smallest absolute Gasteiger partial charge is 0.316 e. The minimum atomic E-state index is -3.67. The summed E-state index contributed by atoms with van der Waals surface area (Å²) in [7, 11) is -3.67. The Morgan fingerprint density at radius 3 is 2.47 bits per heavy atom. The molecule has 8 nitrogen and oxygen atoms in total. The highest BCUT2D eigenvalue weighted by Crippen LogP contribution is 2.25. The number of ether oxygens (including phenoxy) is 1. The van der Waals surface area contributed by atoms with E-state index in [1.807, 2.05) is 0 Å². The highest BCUT2D eigenvalue weighted by Gasteiger charge is 2.28. The van der Waals surface area contributed by atoms with E-state index in [0.29, 0.717) is 48.4 Å². The average molecular weight is 453 g/mol. The fourth-order valence-corrected chi connectivity index (χ4v) is 5.00. The van der Waals surface area contributed by atoms with E-state index < -0.39 is 10.0 Å². The van der Waals surface area contributed by atoms with Gasteiger partial charge in [-0.1, -0.05) is 18.5 Å². The maximum atomic E-state index is 12.9. The normalized spacial score (nSPS) is 19.3. The van der Waals surface area contributed by atoms with Crippen LogP contribution in [-0.4, -0.2) is 36.4 Å². The SMILES string of the molecule is CCC(=O)Nc1ccc(S(=O)(=O)NC2CCC(Oc3ncc(Cl)cn3)CC2)c(C)c1. The van der Waals surface area contributed by atoms with Gasteiger partial charge in [-0.25, -0.2) is 23.1 Å². The van der Waals surface area contributed by atoms with Crippen LogP contribution in [0.5, 0.6) is 6.01 Å². The number of aromatic nitrogens is 2. The molecule has 1 fully saturated rings. The van der Waals surface area contributed by atoms with Crippen LogP contribution in [0.3, 0.4) is 0 Å². The summed E-state index contributed by atoms with van der Waals surface area (Å²) < 4.78 is 34.3. The molecule has 1 aliphatic carbocycles. The Balaban J connectivity index is 1.57. The van der Waals surface area contributed by atoms with E-state index in [1.165, 1.54) is 18.5 Å². The zero-order valence-electron chi connectivity index (χ0n) is 16.9. The van der Waals surface area contributed by atoms with E-state index in [2.05, 4.69) is 20.0 Å². The number of benzene rings is 1. The van der Waals surface area contributed by atoms with E-state index >= 15 is 0 Å². The van der Waals surface area contributed by atoms with Crippen molar-refractivity contribution in [2.24, 2.45) is 0 Å². The lowest BCUT2D eigenvalue weighted by molar-refractivity contribution is -0.115. The van der Waals surface area contributed by atoms with Gasteiger partial charge in [0.05, 0.1) is 22.3 Å². The summed E-state index contributed by atoms with van der Waals surface area (Å²) in [5.74, 6) is -0.119. The molecule has 10 heteroatoms. The van der Waals surface area contributed by atoms with Gasteiger partial charge in [-0.3, -0.25) is 4.79 Å². The van der Waals surface area contributed by atoms with E-state index in [4.69, 9.17) is 16.3 Å². The van der Waals surface area contributed by atoms with Gasteiger partial charge in [-0.15, -0.1) is 0 Å². The summed E-state index contributed by atoms with van der Waals surface area (Å²) in [5.41, 5.74) is 1.16. The van der Waals surface area contributed by atoms with E-state index in [-0.39, 0.29) is 29.0 Å². The van der Waals surface area contributed by atoms with Gasteiger partial charge < -0.3 is 10.1 Å². The van der Waals surface area contributed by atoms with E-state index in [1.54, 1.807) is 26.0 Å². The van der Waals surface area contributed by atoms with Gasteiger partial charge in [0.25, 0.3) is 0 Å². The number of hydrogen-bond donors (Lipinski definition) is 2. The van der Waals surface area contributed by atoms with Crippen LogP contribution in [0.4, 0.5) is 5.69 Å². The van der Waals surface area contributed by atoms with Crippen molar-refractivity contribution in [2.45, 2.75) is 63.0 Å². The third kappa shape index (κ3) is 5.90. The van der Waals surface area contributed by atoms with Gasteiger partial charge in [0, 0.05) is 18.2 Å². The molecule has 0 radical (unpaired) electrons. The predicted molar refractivity (Wildman–Crippen MR) is 114 cm³/mol. The van der Waals surface area contributed by atoms with Crippen LogP contribution >= 0.6 is 11.6 Å². The van der Waals surface area contributed by atoms with E-state index in [0.717, 1.165) is 0 Å². The Kier molecular flexibility index (Phi) is 7.27. The quantitative estimate of drug-likeness (QED) is 0.665. The molecular weight excluding hydrogens is 428 g/mol. The summed E-state index contributed by atoms with van der Waals surface area (Å²) in [6, 6.07) is 4.90. The second-order valence-corrected chi connectivity index (χ2v) is 9.40. The summed E-state index contributed by atoms with van der Waals surface area (Å²) in [6.45, 7) is 3.47. The third-order valence-electron chi connectivity index (χ3n) is 4.93. The van der Waals surface area contributed by atoms with Crippen molar-refractivity contribution in [3.05, 3.63) is 41.2 Å². The summed E-state index contributed by atoms with van der Waals surface area (Å²) in [6.07, 6.45) is 5.95. The van der Waals surface area contributed by atoms with Gasteiger partial charge in [0.1, 0.15) is 6.10 Å². The number of carbonyl (C=O) groups excluding carboxylic acids is 1. The summed E-state index contributed by atoms with van der Waals surface area (Å²) in [5, 5.41) is 3.18. The van der Waals surface area contributed by atoms with Gasteiger partial charge in [0.2, 0.25) is 15.9 Å². The molecule has 162 valence electrons. The Morgan fingerprint density at radius 2 is 1.87 bits per heavy atom. The summed E-state index contributed by atoms with van der Waals surface area (Å²) >= 11 is 5.77. The lowest BCUT2D eigenvalue weighted by atomic mass is 9.94. The molecule has 0 atom stereocenters. The number of halogens is 1. The number of nitrogens with zero attached hydrogens (tertiary/aromatic N) is 2. The first-order valence-corrected chi connectivity index (χ1v) is 11.7. The summed E-state index contributed by atoms with van der Waals surface area (Å²) in [4.78, 5) is 19.8. The number of hydrogen-bond acceptors (Lipinski definition) is 6. The lowest BCUT2D eigenvalue weighted by Gasteiger charge is -2.28. The highest BCUT2D eigenvalue weighted by molar-refractivity contribution is 7.89. The molecule has 1 amide bonds. The standard InChI is InChI=1S/C20H25ClN4O4S/c1-3-19(26)24-16-6-9-18(13(2)10-16)30(27,28)25-15-4-7-17(8-5-15)29-20-22-11-14(21)12-23-20/h6,9-12,15,17,25H,3-5,7-8H2,1-2H3,(H,24,26). The van der Waals surface area contributed by atoms with Crippen molar-refractivity contribution < 1.29 is 17.9 Å². The van der Waals surface area contributed by atoms with Crippen molar-refractivity contribution in [2.75, 3.05) is 5.32 Å². The zero-order chi connectivity index (χ0) is 21.7. The minimum absolute atomic E-state index is 0.0601. The molecule has 1 heterocycles. The monoisotopic (exact) mass is 452 g/mol.